The number of anilines is 2. The molecule has 0 bridgehead atoms. The topological polar surface area (TPSA) is 90.9 Å². The van der Waals surface area contributed by atoms with E-state index >= 15 is 0 Å². The van der Waals surface area contributed by atoms with E-state index in [0.717, 1.165) is 23.6 Å². The number of nitrogen functional groups attached to an aromatic ring is 1. The molecule has 7 heteroatoms. The molecule has 1 aromatic carbocycles. The molecule has 0 saturated heterocycles. The van der Waals surface area contributed by atoms with Crippen molar-refractivity contribution < 1.29 is 4.74 Å². The molecule has 3 aromatic rings. The predicted molar refractivity (Wildman–Crippen MR) is 103 cm³/mol. The van der Waals surface area contributed by atoms with E-state index < -0.39 is 0 Å². The number of hydrogen-bond acceptors (Lipinski definition) is 6. The van der Waals surface area contributed by atoms with E-state index in [1.165, 1.54) is 11.1 Å². The first-order valence-corrected chi connectivity index (χ1v) is 8.66. The van der Waals surface area contributed by atoms with Gasteiger partial charge in [0, 0.05) is 24.4 Å². The van der Waals surface area contributed by atoms with Gasteiger partial charge in [-0.05, 0) is 44.0 Å². The minimum Gasteiger partial charge on any atom is -0.492 e. The van der Waals surface area contributed by atoms with Crippen LogP contribution in [-0.4, -0.2) is 32.9 Å². The molecular formula is C19H24N6O. The highest BCUT2D eigenvalue weighted by molar-refractivity contribution is 5.62. The summed E-state index contributed by atoms with van der Waals surface area (Å²) in [7, 11) is 0. The number of rotatable bonds is 7. The second-order valence-electron chi connectivity index (χ2n) is 6.10. The van der Waals surface area contributed by atoms with Crippen molar-refractivity contribution in [2.45, 2.75) is 27.3 Å². The van der Waals surface area contributed by atoms with Crippen molar-refractivity contribution in [1.82, 2.24) is 19.7 Å². The van der Waals surface area contributed by atoms with Crippen LogP contribution in [0.25, 0.3) is 11.3 Å². The van der Waals surface area contributed by atoms with Gasteiger partial charge in [-0.15, -0.1) is 0 Å². The largest absolute Gasteiger partial charge is 0.492 e. The fourth-order valence-corrected chi connectivity index (χ4v) is 2.52. The van der Waals surface area contributed by atoms with Gasteiger partial charge < -0.3 is 15.8 Å². The number of aryl methyl sites for hydroxylation is 3. The summed E-state index contributed by atoms with van der Waals surface area (Å²) in [6, 6.07) is 7.95. The lowest BCUT2D eigenvalue weighted by molar-refractivity contribution is 0.332. The smallest absolute Gasteiger partial charge is 0.222 e. The van der Waals surface area contributed by atoms with Crippen LogP contribution in [0.15, 0.2) is 36.7 Å². The Kier molecular flexibility index (Phi) is 5.36. The summed E-state index contributed by atoms with van der Waals surface area (Å²) in [4.78, 5) is 8.52. The van der Waals surface area contributed by atoms with Crippen molar-refractivity contribution in [2.24, 2.45) is 0 Å². The van der Waals surface area contributed by atoms with Crippen LogP contribution in [0.1, 0.15) is 18.1 Å². The highest BCUT2D eigenvalue weighted by Crippen LogP contribution is 2.20. The van der Waals surface area contributed by atoms with Gasteiger partial charge >= 0.3 is 0 Å². The van der Waals surface area contributed by atoms with Crippen molar-refractivity contribution in [1.29, 1.82) is 0 Å². The number of nitrogens with one attached hydrogen (secondary N) is 1. The van der Waals surface area contributed by atoms with Crippen LogP contribution in [0.2, 0.25) is 0 Å². The van der Waals surface area contributed by atoms with Crippen molar-refractivity contribution >= 4 is 11.8 Å². The zero-order valence-electron chi connectivity index (χ0n) is 15.4. The fraction of sp³-hybridized carbons (Fsp3) is 0.316. The first kappa shape index (κ1) is 17.7. The zero-order chi connectivity index (χ0) is 18.5. The van der Waals surface area contributed by atoms with Crippen LogP contribution in [0.3, 0.4) is 0 Å². The van der Waals surface area contributed by atoms with Gasteiger partial charge in [0.05, 0.1) is 18.4 Å². The van der Waals surface area contributed by atoms with Crippen LogP contribution >= 0.6 is 0 Å². The molecule has 0 atom stereocenters. The third-order valence-electron chi connectivity index (χ3n) is 4.15. The predicted octanol–water partition coefficient (Wildman–Crippen LogP) is 3.05. The van der Waals surface area contributed by atoms with Gasteiger partial charge in [0.2, 0.25) is 5.95 Å². The molecule has 3 rings (SSSR count). The molecule has 0 saturated carbocycles. The van der Waals surface area contributed by atoms with E-state index in [0.29, 0.717) is 19.0 Å². The monoisotopic (exact) mass is 352 g/mol. The summed E-state index contributed by atoms with van der Waals surface area (Å²) in [5.41, 5.74) is 9.97. The van der Waals surface area contributed by atoms with E-state index in [2.05, 4.69) is 40.3 Å². The molecule has 26 heavy (non-hydrogen) atoms. The molecule has 0 aliphatic heterocycles. The van der Waals surface area contributed by atoms with E-state index in [-0.39, 0.29) is 5.95 Å². The summed E-state index contributed by atoms with van der Waals surface area (Å²) >= 11 is 0. The first-order valence-electron chi connectivity index (χ1n) is 8.66. The Morgan fingerprint density at radius 3 is 2.73 bits per heavy atom. The number of hydrogen-bond donors (Lipinski definition) is 2. The van der Waals surface area contributed by atoms with Gasteiger partial charge in [0.15, 0.2) is 0 Å². The Morgan fingerprint density at radius 2 is 2.00 bits per heavy atom. The van der Waals surface area contributed by atoms with Crippen LogP contribution in [0, 0.1) is 13.8 Å². The second-order valence-corrected chi connectivity index (χ2v) is 6.10. The molecule has 2 heterocycles. The number of aromatic nitrogens is 4. The SMILES string of the molecule is CCn1cc(-c2cc(NCCOc3ccc(C)c(C)c3)nc(N)n2)cn1. The second kappa shape index (κ2) is 7.86. The number of benzene rings is 1. The molecule has 2 aromatic heterocycles. The average Bonchev–Trinajstić information content (AvgIpc) is 3.10. The third kappa shape index (κ3) is 4.30. The van der Waals surface area contributed by atoms with Gasteiger partial charge in [-0.3, -0.25) is 4.68 Å². The van der Waals surface area contributed by atoms with E-state index in [1.807, 2.05) is 36.0 Å². The van der Waals surface area contributed by atoms with Crippen LogP contribution in [0.5, 0.6) is 5.75 Å². The lowest BCUT2D eigenvalue weighted by Gasteiger charge is -2.10. The fourth-order valence-electron chi connectivity index (χ4n) is 2.52. The van der Waals surface area contributed by atoms with E-state index in [4.69, 9.17) is 10.5 Å². The van der Waals surface area contributed by atoms with Crippen molar-refractivity contribution in [2.75, 3.05) is 24.2 Å². The molecule has 3 N–H and O–H groups in total. The lowest BCUT2D eigenvalue weighted by Crippen LogP contribution is -2.13. The molecule has 7 nitrogen and oxygen atoms in total. The summed E-state index contributed by atoms with van der Waals surface area (Å²) < 4.78 is 7.62. The van der Waals surface area contributed by atoms with Gasteiger partial charge in [-0.25, -0.2) is 4.98 Å². The summed E-state index contributed by atoms with van der Waals surface area (Å²) in [5.74, 6) is 1.76. The molecule has 0 amide bonds. The minimum absolute atomic E-state index is 0.226. The quantitative estimate of drug-likeness (QED) is 0.635. The number of nitrogens with two attached hydrogens (primary N) is 1. The summed E-state index contributed by atoms with van der Waals surface area (Å²) in [5, 5.41) is 7.50. The maximum Gasteiger partial charge on any atom is 0.222 e. The Morgan fingerprint density at radius 1 is 1.15 bits per heavy atom. The van der Waals surface area contributed by atoms with Gasteiger partial charge in [-0.1, -0.05) is 6.07 Å². The van der Waals surface area contributed by atoms with Gasteiger partial charge in [0.25, 0.3) is 0 Å². The Bertz CT molecular complexity index is 889. The molecule has 0 unspecified atom stereocenters. The lowest BCUT2D eigenvalue weighted by atomic mass is 10.1. The van der Waals surface area contributed by atoms with E-state index in [1.54, 1.807) is 6.20 Å². The number of nitrogens with zero attached hydrogens (tertiary/aromatic N) is 4. The Labute approximate surface area is 153 Å². The van der Waals surface area contributed by atoms with Gasteiger partial charge in [-0.2, -0.15) is 10.1 Å². The molecule has 0 fully saturated rings. The van der Waals surface area contributed by atoms with Crippen molar-refractivity contribution in [3.05, 3.63) is 47.8 Å². The third-order valence-corrected chi connectivity index (χ3v) is 4.15. The molecule has 0 aliphatic rings. The minimum atomic E-state index is 0.226. The summed E-state index contributed by atoms with van der Waals surface area (Å²) in [6.07, 6.45) is 3.71. The Hall–Kier alpha value is -3.09. The summed E-state index contributed by atoms with van der Waals surface area (Å²) in [6.45, 7) is 8.13. The molecule has 0 spiro atoms. The molecule has 0 aliphatic carbocycles. The molecule has 0 radical (unpaired) electrons. The van der Waals surface area contributed by atoms with Gasteiger partial charge in [0.1, 0.15) is 18.2 Å². The van der Waals surface area contributed by atoms with Crippen LogP contribution in [-0.2, 0) is 6.54 Å². The molecular weight excluding hydrogens is 328 g/mol. The maximum absolute atomic E-state index is 5.84. The normalized spacial score (nSPS) is 10.7. The first-order chi connectivity index (χ1) is 12.5. The van der Waals surface area contributed by atoms with Crippen LogP contribution in [0.4, 0.5) is 11.8 Å². The highest BCUT2D eigenvalue weighted by atomic mass is 16.5. The van der Waals surface area contributed by atoms with E-state index in [9.17, 15) is 0 Å². The number of ether oxygens (including phenoxy) is 1. The molecule has 136 valence electrons. The van der Waals surface area contributed by atoms with Crippen molar-refractivity contribution in [3.8, 4) is 17.0 Å². The zero-order valence-corrected chi connectivity index (χ0v) is 15.4. The average molecular weight is 352 g/mol. The Balaban J connectivity index is 1.60. The van der Waals surface area contributed by atoms with Crippen LogP contribution < -0.4 is 15.8 Å². The van der Waals surface area contributed by atoms with Crippen molar-refractivity contribution in [3.63, 3.8) is 0 Å². The standard InChI is InChI=1S/C19H24N6O/c1-4-25-12-15(11-22-25)17-10-18(24-19(20)23-17)21-7-8-26-16-6-5-13(2)14(3)9-16/h5-6,9-12H,4,7-8H2,1-3H3,(H3,20,21,23,24). The highest BCUT2D eigenvalue weighted by Gasteiger charge is 2.07. The maximum atomic E-state index is 5.84.